The molecule has 4 rings (SSSR count). The lowest BCUT2D eigenvalue weighted by Crippen LogP contribution is -2.37. The Balaban J connectivity index is 1.65. The van der Waals surface area contributed by atoms with E-state index in [2.05, 4.69) is 24.7 Å². The molecule has 0 N–H and O–H groups in total. The molecule has 0 unspecified atom stereocenters. The molecule has 0 spiro atoms. The first-order valence-electron chi connectivity index (χ1n) is 11.8. The van der Waals surface area contributed by atoms with E-state index < -0.39 is 24.2 Å². The smallest absolute Gasteiger partial charge is 0.329 e. The molecule has 1 aliphatic rings. The maximum Gasteiger partial charge on any atom is 0.329 e. The van der Waals surface area contributed by atoms with E-state index in [0.29, 0.717) is 17.5 Å². The number of aryl methyl sites for hydroxylation is 1. The molecular formula is C26H32N4O4SSi. The van der Waals surface area contributed by atoms with Gasteiger partial charge in [0.2, 0.25) is 0 Å². The fraction of sp³-hybridized carbons (Fsp3) is 0.308. The number of anilines is 1. The van der Waals surface area contributed by atoms with E-state index in [1.54, 1.807) is 23.0 Å². The Bertz CT molecular complexity index is 1360. The zero-order chi connectivity index (χ0) is 25.9. The van der Waals surface area contributed by atoms with Gasteiger partial charge in [0.05, 0.1) is 11.9 Å². The van der Waals surface area contributed by atoms with Gasteiger partial charge in [-0.1, -0.05) is 68.2 Å². The van der Waals surface area contributed by atoms with Gasteiger partial charge in [0.15, 0.2) is 0 Å². The summed E-state index contributed by atoms with van der Waals surface area (Å²) >= 11 is 0. The number of aromatic nitrogens is 2. The number of carbonyl (C=O) groups is 1. The van der Waals surface area contributed by atoms with Crippen molar-refractivity contribution in [3.05, 3.63) is 77.6 Å². The lowest BCUT2D eigenvalue weighted by Gasteiger charge is -2.24. The van der Waals surface area contributed by atoms with E-state index in [-0.39, 0.29) is 19.7 Å². The van der Waals surface area contributed by atoms with Crippen molar-refractivity contribution in [1.82, 2.24) is 14.1 Å². The van der Waals surface area contributed by atoms with Crippen molar-refractivity contribution in [2.75, 3.05) is 17.4 Å². The van der Waals surface area contributed by atoms with E-state index in [0.717, 1.165) is 25.3 Å². The number of rotatable bonds is 9. The minimum Gasteiger partial charge on any atom is -0.487 e. The fourth-order valence-corrected chi connectivity index (χ4v) is 6.43. The Morgan fingerprint density at radius 1 is 1.06 bits per heavy atom. The molecule has 190 valence electrons. The van der Waals surface area contributed by atoms with Crippen LogP contribution in [0.5, 0.6) is 5.75 Å². The van der Waals surface area contributed by atoms with Crippen LogP contribution in [-0.4, -0.2) is 49.6 Å². The normalized spacial score (nSPS) is 15.7. The van der Waals surface area contributed by atoms with E-state index in [9.17, 15) is 13.2 Å². The maximum absolute atomic E-state index is 13.4. The van der Waals surface area contributed by atoms with Crippen LogP contribution in [0.15, 0.2) is 60.9 Å². The summed E-state index contributed by atoms with van der Waals surface area (Å²) in [5.74, 6) is -0.0154. The Labute approximate surface area is 214 Å². The highest BCUT2D eigenvalue weighted by Gasteiger charge is 2.43. The quantitative estimate of drug-likeness (QED) is 0.388. The fourth-order valence-electron chi connectivity index (χ4n) is 3.83. The molecule has 1 saturated heterocycles. The van der Waals surface area contributed by atoms with Crippen LogP contribution in [0.25, 0.3) is 12.2 Å². The van der Waals surface area contributed by atoms with Gasteiger partial charge in [-0.05, 0) is 29.3 Å². The first-order chi connectivity index (χ1) is 17.0. The minimum absolute atomic E-state index is 0.208. The van der Waals surface area contributed by atoms with E-state index in [4.69, 9.17) is 4.74 Å². The molecule has 2 aromatic carbocycles. The van der Waals surface area contributed by atoms with Gasteiger partial charge >= 0.3 is 10.2 Å². The lowest BCUT2D eigenvalue weighted by atomic mass is 10.1. The van der Waals surface area contributed by atoms with E-state index in [1.807, 2.05) is 61.8 Å². The summed E-state index contributed by atoms with van der Waals surface area (Å²) in [4.78, 5) is 12.8. The summed E-state index contributed by atoms with van der Waals surface area (Å²) in [6.45, 7) is 6.71. The second-order valence-electron chi connectivity index (χ2n) is 10.1. The predicted octanol–water partition coefficient (Wildman–Crippen LogP) is 4.40. The topological polar surface area (TPSA) is 84.7 Å². The largest absolute Gasteiger partial charge is 0.487 e. The molecule has 1 fully saturated rings. The van der Waals surface area contributed by atoms with Crippen molar-refractivity contribution in [2.45, 2.75) is 32.3 Å². The third-order valence-corrected chi connectivity index (χ3v) is 9.41. The zero-order valence-corrected chi connectivity index (χ0v) is 22.9. The second-order valence-corrected chi connectivity index (χ2v) is 17.5. The number of amides is 1. The van der Waals surface area contributed by atoms with Gasteiger partial charge in [-0.2, -0.15) is 13.5 Å². The molecule has 36 heavy (non-hydrogen) atoms. The number of hydrogen-bond acceptors (Lipinski definition) is 5. The number of benzene rings is 2. The van der Waals surface area contributed by atoms with Crippen LogP contribution in [0.2, 0.25) is 25.7 Å². The van der Waals surface area contributed by atoms with Crippen LogP contribution >= 0.6 is 0 Å². The van der Waals surface area contributed by atoms with Gasteiger partial charge < -0.3 is 4.74 Å². The van der Waals surface area contributed by atoms with Crippen LogP contribution in [0, 0.1) is 0 Å². The van der Waals surface area contributed by atoms with Crippen LogP contribution in [0.1, 0.15) is 16.7 Å². The Kier molecular flexibility index (Phi) is 7.37. The first kappa shape index (κ1) is 25.7. The monoisotopic (exact) mass is 524 g/mol. The number of hydrogen-bond donors (Lipinski definition) is 0. The highest BCUT2D eigenvalue weighted by Crippen LogP contribution is 2.36. The van der Waals surface area contributed by atoms with Crippen molar-refractivity contribution in [3.8, 4) is 5.75 Å². The standard InChI is InChI=1S/C26H32N4O4SSi/c1-28-18-23(17-27-28)11-10-21-12-13-24(25(16-21)34-20-22-8-6-5-7-9-22)30-19-26(31)29(35(30,32)33)14-15-36(2,3)4/h5-13,16-18H,14-15,19-20H2,1-4H3/b11-10+. The van der Waals surface area contributed by atoms with Gasteiger partial charge in [0.1, 0.15) is 18.9 Å². The van der Waals surface area contributed by atoms with Gasteiger partial charge in [-0.3, -0.25) is 9.48 Å². The number of ether oxygens (including phenoxy) is 1. The van der Waals surface area contributed by atoms with Gasteiger partial charge in [0.25, 0.3) is 5.91 Å². The molecule has 0 atom stereocenters. The molecule has 1 amide bonds. The van der Waals surface area contributed by atoms with Crippen molar-refractivity contribution < 1.29 is 17.9 Å². The van der Waals surface area contributed by atoms with Gasteiger partial charge in [-0.25, -0.2) is 8.61 Å². The Morgan fingerprint density at radius 2 is 1.78 bits per heavy atom. The summed E-state index contributed by atoms with van der Waals surface area (Å²) in [7, 11) is -3.68. The van der Waals surface area contributed by atoms with Crippen LogP contribution in [0.3, 0.4) is 0 Å². The average molecular weight is 525 g/mol. The number of nitrogens with zero attached hydrogens (tertiary/aromatic N) is 4. The molecule has 1 aliphatic heterocycles. The molecular weight excluding hydrogens is 492 g/mol. The summed E-state index contributed by atoms with van der Waals surface area (Å²) in [5.41, 5.74) is 3.09. The van der Waals surface area contributed by atoms with Gasteiger partial charge in [0, 0.05) is 33.4 Å². The average Bonchev–Trinajstić information content (AvgIpc) is 3.34. The van der Waals surface area contributed by atoms with Crippen molar-refractivity contribution in [2.24, 2.45) is 7.05 Å². The van der Waals surface area contributed by atoms with E-state index >= 15 is 0 Å². The predicted molar refractivity (Wildman–Crippen MR) is 145 cm³/mol. The zero-order valence-electron chi connectivity index (χ0n) is 21.1. The first-order valence-corrected chi connectivity index (χ1v) is 16.9. The minimum atomic E-state index is -3.99. The van der Waals surface area contributed by atoms with Crippen molar-refractivity contribution in [3.63, 3.8) is 0 Å². The number of carbonyl (C=O) groups excluding carboxylic acids is 1. The molecule has 0 saturated carbocycles. The van der Waals surface area contributed by atoms with Crippen molar-refractivity contribution in [1.29, 1.82) is 0 Å². The summed E-state index contributed by atoms with van der Waals surface area (Å²) in [6.07, 6.45) is 7.50. The molecule has 0 aliphatic carbocycles. The van der Waals surface area contributed by atoms with E-state index in [1.165, 1.54) is 0 Å². The molecule has 0 radical (unpaired) electrons. The van der Waals surface area contributed by atoms with Crippen LogP contribution in [-0.2, 0) is 28.7 Å². The summed E-state index contributed by atoms with van der Waals surface area (Å²) < 4.78 is 36.9. The highest BCUT2D eigenvalue weighted by atomic mass is 32.2. The highest BCUT2D eigenvalue weighted by molar-refractivity contribution is 7.91. The lowest BCUT2D eigenvalue weighted by molar-refractivity contribution is -0.123. The molecule has 3 aromatic rings. The Morgan fingerprint density at radius 3 is 2.44 bits per heavy atom. The molecule has 8 nitrogen and oxygen atoms in total. The summed E-state index contributed by atoms with van der Waals surface area (Å²) in [5, 5.41) is 4.17. The third-order valence-electron chi connectivity index (χ3n) is 5.86. The molecule has 10 heteroatoms. The van der Waals surface area contributed by atoms with Crippen LogP contribution in [0.4, 0.5) is 5.69 Å². The second kappa shape index (κ2) is 10.3. The molecule has 1 aromatic heterocycles. The van der Waals surface area contributed by atoms with Gasteiger partial charge in [-0.15, -0.1) is 0 Å². The third kappa shape index (κ3) is 6.06. The molecule has 0 bridgehead atoms. The Hall–Kier alpha value is -3.37. The van der Waals surface area contributed by atoms with Crippen molar-refractivity contribution >= 4 is 42.0 Å². The van der Waals surface area contributed by atoms with Crippen LogP contribution < -0.4 is 9.04 Å². The maximum atomic E-state index is 13.4. The SMILES string of the molecule is Cn1cc(/C=C/c2ccc(N3CC(=O)N(CC[Si](C)(C)C)S3(=O)=O)c(OCc3ccccc3)c2)cn1. The molecule has 2 heterocycles. The summed E-state index contributed by atoms with van der Waals surface area (Å²) in [6, 6.07) is 15.7.